The van der Waals surface area contributed by atoms with Crippen LogP contribution in [0.25, 0.3) is 0 Å². The monoisotopic (exact) mass is 1040 g/mol. The Hall–Kier alpha value is -5.99. The molecule has 1 rings (SSSR count). The number of carboxylic acid groups (broad SMARTS) is 3. The molecule has 26 heteroatoms. The maximum absolute atomic E-state index is 14.1. The van der Waals surface area contributed by atoms with E-state index in [0.717, 1.165) is 0 Å². The zero-order chi connectivity index (χ0) is 55.4. The van der Waals surface area contributed by atoms with Crippen molar-refractivity contribution in [1.82, 2.24) is 42.1 Å². The summed E-state index contributed by atoms with van der Waals surface area (Å²) >= 11 is 0. The minimum atomic E-state index is -1.66. The molecule has 0 aromatic heterocycles. The van der Waals surface area contributed by atoms with Crippen molar-refractivity contribution in [3.05, 3.63) is 0 Å². The number of nitrogens with two attached hydrogens (primary N) is 4. The average Bonchev–Trinajstić information content (AvgIpc) is 3.82. The van der Waals surface area contributed by atoms with Crippen molar-refractivity contribution in [2.45, 2.75) is 192 Å². The molecule has 1 aliphatic heterocycles. The van der Waals surface area contributed by atoms with Gasteiger partial charge in [-0.1, -0.05) is 40.5 Å². The van der Waals surface area contributed by atoms with Crippen LogP contribution in [-0.2, 0) is 52.7 Å². The molecule has 0 aromatic carbocycles. The van der Waals surface area contributed by atoms with Gasteiger partial charge in [-0.2, -0.15) is 0 Å². The number of hydrogen-bond donors (Lipinski definition) is 14. The molecular weight excluding hydrogens is 957 g/mol. The lowest BCUT2D eigenvalue weighted by Gasteiger charge is -2.31. The van der Waals surface area contributed by atoms with Crippen LogP contribution in [0.4, 0.5) is 0 Å². The second-order valence-corrected chi connectivity index (χ2v) is 19.1. The molecular formula is C47H84N12O14. The largest absolute Gasteiger partial charge is 0.481 e. The SMILES string of the molecule is CC[C@H](C)[C@H](NC(=O)[C@H](CCCCN)NC(=O)[C@H](CCC(=O)O)NC(=O)[C@H](CC(C)C)NC(=O)[C@H](CC(=O)O)NC(=O)[C@@H](N)CCCCN)C(=O)N[C@@H](C)C(=O)N1CCC[C@H]1C(=O)N[C@@H](CCCCN)C(=O)O. The van der Waals surface area contributed by atoms with Crippen LogP contribution < -0.4 is 60.2 Å². The predicted octanol–water partition coefficient (Wildman–Crippen LogP) is -2.38. The number of carbonyl (C=O) groups excluding carboxylic acids is 8. The molecule has 73 heavy (non-hydrogen) atoms. The van der Waals surface area contributed by atoms with Gasteiger partial charge in [-0.05, 0) is 115 Å². The van der Waals surface area contributed by atoms with Crippen molar-refractivity contribution in [2.24, 2.45) is 34.8 Å². The van der Waals surface area contributed by atoms with Gasteiger partial charge in [-0.15, -0.1) is 0 Å². The Bertz CT molecular complexity index is 1860. The zero-order valence-corrected chi connectivity index (χ0v) is 43.1. The van der Waals surface area contributed by atoms with Crippen LogP contribution in [0.5, 0.6) is 0 Å². The molecule has 0 aliphatic carbocycles. The van der Waals surface area contributed by atoms with Gasteiger partial charge < -0.3 is 80.4 Å². The van der Waals surface area contributed by atoms with E-state index in [2.05, 4.69) is 37.2 Å². The number of likely N-dealkylation sites (tertiary alicyclic amines) is 1. The standard InChI is InChI=1S/C47H84N12O14/c1-6-27(4)38(45(70)52-28(5)46(71)59-23-13-17-35(59)44(69)55-32(47(72)73)16-9-12-22-50)58-41(66)30(15-8-11-21-49)53-40(65)31(18-19-36(60)61)54-42(67)33(24-26(2)3)57-43(68)34(25-37(62)63)56-39(64)29(51)14-7-10-20-48/h26-35,38H,6-25,48-51H2,1-5H3,(H,52,70)(H,53,65)(H,54,67)(H,55,69)(H,56,64)(H,57,68)(H,58,66)(H,60,61)(H,62,63)(H,72,73)/t27-,28-,29-,30-,31-,32-,33-,34-,35-,38-/m0/s1. The summed E-state index contributed by atoms with van der Waals surface area (Å²) in [5.41, 5.74) is 22.7. The lowest BCUT2D eigenvalue weighted by atomic mass is 9.97. The highest BCUT2D eigenvalue weighted by molar-refractivity contribution is 5.98. The molecule has 18 N–H and O–H groups in total. The van der Waals surface area contributed by atoms with Crippen LogP contribution in [0.15, 0.2) is 0 Å². The van der Waals surface area contributed by atoms with Gasteiger partial charge >= 0.3 is 17.9 Å². The number of amides is 8. The van der Waals surface area contributed by atoms with E-state index in [-0.39, 0.29) is 51.1 Å². The molecule has 0 radical (unpaired) electrons. The van der Waals surface area contributed by atoms with E-state index in [1.807, 2.05) is 0 Å². The second-order valence-electron chi connectivity index (χ2n) is 19.1. The summed E-state index contributed by atoms with van der Waals surface area (Å²) in [5, 5.41) is 46.4. The van der Waals surface area contributed by atoms with Gasteiger partial charge in [-0.25, -0.2) is 4.79 Å². The smallest absolute Gasteiger partial charge is 0.326 e. The van der Waals surface area contributed by atoms with E-state index in [1.54, 1.807) is 27.7 Å². The minimum absolute atomic E-state index is 0.0222. The first-order valence-corrected chi connectivity index (χ1v) is 25.4. The third-order valence-corrected chi connectivity index (χ3v) is 12.4. The highest BCUT2D eigenvalue weighted by Gasteiger charge is 2.40. The number of unbranched alkanes of at least 4 members (excludes halogenated alkanes) is 3. The summed E-state index contributed by atoms with van der Waals surface area (Å²) in [6, 6.07) is -11.8. The first-order chi connectivity index (χ1) is 34.4. The summed E-state index contributed by atoms with van der Waals surface area (Å²) in [7, 11) is 0. The van der Waals surface area contributed by atoms with Gasteiger partial charge in [0, 0.05) is 13.0 Å². The summed E-state index contributed by atoms with van der Waals surface area (Å²) in [6.07, 6.45) is 2.15. The van der Waals surface area contributed by atoms with E-state index in [0.29, 0.717) is 64.5 Å². The van der Waals surface area contributed by atoms with E-state index < -0.39 is 145 Å². The van der Waals surface area contributed by atoms with Crippen LogP contribution >= 0.6 is 0 Å². The Morgan fingerprint density at radius 3 is 1.58 bits per heavy atom. The van der Waals surface area contributed by atoms with Gasteiger partial charge in [-0.3, -0.25) is 47.9 Å². The molecule has 8 amide bonds. The summed E-state index contributed by atoms with van der Waals surface area (Å²) in [6.45, 7) is 9.36. The lowest BCUT2D eigenvalue weighted by Crippen LogP contribution is -2.61. The number of aliphatic carboxylic acids is 3. The van der Waals surface area contributed by atoms with Gasteiger partial charge in [0.2, 0.25) is 47.3 Å². The second kappa shape index (κ2) is 34.4. The lowest BCUT2D eigenvalue weighted by molar-refractivity contribution is -0.145. The highest BCUT2D eigenvalue weighted by Crippen LogP contribution is 2.20. The van der Waals surface area contributed by atoms with E-state index in [9.17, 15) is 68.1 Å². The van der Waals surface area contributed by atoms with Gasteiger partial charge in [0.1, 0.15) is 48.3 Å². The quantitative estimate of drug-likeness (QED) is 0.0289. The number of nitrogens with zero attached hydrogens (tertiary/aromatic N) is 1. The van der Waals surface area contributed by atoms with Crippen molar-refractivity contribution in [3.8, 4) is 0 Å². The van der Waals surface area contributed by atoms with Gasteiger partial charge in [0.25, 0.3) is 0 Å². The van der Waals surface area contributed by atoms with Crippen molar-refractivity contribution < 1.29 is 68.1 Å². The number of rotatable bonds is 37. The average molecular weight is 1040 g/mol. The summed E-state index contributed by atoms with van der Waals surface area (Å²) in [5.74, 6) is -11.5. The Morgan fingerprint density at radius 1 is 0.562 bits per heavy atom. The molecule has 26 nitrogen and oxygen atoms in total. The number of nitrogens with one attached hydrogen (secondary N) is 7. The van der Waals surface area contributed by atoms with E-state index in [4.69, 9.17) is 22.9 Å². The topological polar surface area (TPSA) is 440 Å². The third kappa shape index (κ3) is 24.1. The van der Waals surface area contributed by atoms with E-state index in [1.165, 1.54) is 11.8 Å². The fourth-order valence-electron chi connectivity index (χ4n) is 8.01. The van der Waals surface area contributed by atoms with Crippen molar-refractivity contribution >= 4 is 65.2 Å². The normalized spacial score (nSPS) is 17.0. The van der Waals surface area contributed by atoms with Crippen LogP contribution in [0, 0.1) is 11.8 Å². The van der Waals surface area contributed by atoms with E-state index >= 15 is 0 Å². The molecule has 0 spiro atoms. The predicted molar refractivity (Wildman–Crippen MR) is 266 cm³/mol. The fourth-order valence-corrected chi connectivity index (χ4v) is 8.01. The third-order valence-electron chi connectivity index (χ3n) is 12.4. The Morgan fingerprint density at radius 2 is 1.05 bits per heavy atom. The molecule has 0 bridgehead atoms. The number of carbonyl (C=O) groups is 11. The Labute approximate surface area is 427 Å². The molecule has 1 fully saturated rings. The van der Waals surface area contributed by atoms with Gasteiger partial charge in [0.05, 0.1) is 12.5 Å². The van der Waals surface area contributed by atoms with Crippen LogP contribution in [0.2, 0.25) is 0 Å². The fraction of sp³-hybridized carbons (Fsp3) is 0.766. The molecule has 1 heterocycles. The molecule has 416 valence electrons. The molecule has 0 saturated carbocycles. The Kier molecular flexibility index (Phi) is 30.7. The first-order valence-electron chi connectivity index (χ1n) is 25.4. The molecule has 1 aliphatic rings. The van der Waals surface area contributed by atoms with Crippen LogP contribution in [0.1, 0.15) is 137 Å². The molecule has 0 aromatic rings. The molecule has 10 atom stereocenters. The van der Waals surface area contributed by atoms with Crippen LogP contribution in [0.3, 0.4) is 0 Å². The maximum Gasteiger partial charge on any atom is 0.326 e. The molecule has 1 saturated heterocycles. The zero-order valence-electron chi connectivity index (χ0n) is 43.1. The van der Waals surface area contributed by atoms with Gasteiger partial charge in [0.15, 0.2) is 0 Å². The first kappa shape index (κ1) is 65.0. The van der Waals surface area contributed by atoms with Crippen LogP contribution in [-0.4, -0.2) is 166 Å². The summed E-state index contributed by atoms with van der Waals surface area (Å²) < 4.78 is 0. The highest BCUT2D eigenvalue weighted by atomic mass is 16.4. The Balaban J connectivity index is 3.37. The maximum atomic E-state index is 14.1. The van der Waals surface area contributed by atoms with Crippen molar-refractivity contribution in [3.63, 3.8) is 0 Å². The minimum Gasteiger partial charge on any atom is -0.481 e. The van der Waals surface area contributed by atoms with Crippen molar-refractivity contribution in [1.29, 1.82) is 0 Å². The molecule has 0 unspecified atom stereocenters. The summed E-state index contributed by atoms with van der Waals surface area (Å²) in [4.78, 5) is 146. The van der Waals surface area contributed by atoms with Crippen molar-refractivity contribution in [2.75, 3.05) is 26.2 Å². The number of carboxylic acids is 3. The number of hydrogen-bond acceptors (Lipinski definition) is 15.